The number of nitrogens with zero attached hydrogens (tertiary/aromatic N) is 1. The van der Waals surface area contributed by atoms with Crippen LogP contribution in [0.15, 0.2) is 103 Å². The largest absolute Gasteiger partial charge is 0.418 e. The molecule has 1 N–H and O–H groups in total. The molecule has 7 heteroatoms. The van der Waals surface area contributed by atoms with E-state index in [0.717, 1.165) is 23.3 Å². The molecular formula is C30H23F5N2. The normalized spacial score (nSPS) is 15.0. The third-order valence-electron chi connectivity index (χ3n) is 6.32. The van der Waals surface area contributed by atoms with E-state index in [1.807, 2.05) is 48.5 Å². The lowest BCUT2D eigenvalue weighted by Crippen LogP contribution is -2.19. The summed E-state index contributed by atoms with van der Waals surface area (Å²) in [6.45, 7) is 0.232. The highest BCUT2D eigenvalue weighted by atomic mass is 19.4. The summed E-state index contributed by atoms with van der Waals surface area (Å²) in [6.07, 6.45) is 1.01. The second-order valence-corrected chi connectivity index (χ2v) is 9.08. The summed E-state index contributed by atoms with van der Waals surface area (Å²) in [5, 5.41) is 3.59. The molecule has 188 valence electrons. The van der Waals surface area contributed by atoms with Gasteiger partial charge >= 0.3 is 6.18 Å². The summed E-state index contributed by atoms with van der Waals surface area (Å²) in [5.74, 6) is -2.87. The van der Waals surface area contributed by atoms with Gasteiger partial charge in [-0.15, -0.1) is 0 Å². The van der Waals surface area contributed by atoms with Crippen LogP contribution < -0.4 is 5.32 Å². The summed E-state index contributed by atoms with van der Waals surface area (Å²) in [6, 6.07) is 21.0. The lowest BCUT2D eigenvalue weighted by atomic mass is 9.91. The van der Waals surface area contributed by atoms with Gasteiger partial charge in [-0.1, -0.05) is 66.7 Å². The molecule has 0 saturated heterocycles. The van der Waals surface area contributed by atoms with Crippen LogP contribution in [0.2, 0.25) is 0 Å². The van der Waals surface area contributed by atoms with Crippen LogP contribution in [0.1, 0.15) is 23.1 Å². The zero-order valence-electron chi connectivity index (χ0n) is 19.7. The number of halogens is 5. The predicted molar refractivity (Wildman–Crippen MR) is 137 cm³/mol. The highest BCUT2D eigenvalue weighted by Crippen LogP contribution is 2.39. The SMILES string of the molecule is FC1(F)C=CC=C(CNc2cccc(-c3c(Cc4ccccc4)cnc4c(C(F)(F)F)cccc34)c2)C1. The van der Waals surface area contributed by atoms with Crippen LogP contribution in [-0.4, -0.2) is 17.5 Å². The Bertz CT molecular complexity index is 1490. The minimum absolute atomic E-state index is 0.110. The number of hydrogen-bond donors (Lipinski definition) is 1. The van der Waals surface area contributed by atoms with Crippen molar-refractivity contribution in [1.29, 1.82) is 0 Å². The van der Waals surface area contributed by atoms with Gasteiger partial charge in [0.05, 0.1) is 11.1 Å². The van der Waals surface area contributed by atoms with Gasteiger partial charge in [-0.25, -0.2) is 8.78 Å². The average Bonchev–Trinajstić information content (AvgIpc) is 2.86. The first kappa shape index (κ1) is 24.7. The molecule has 5 rings (SSSR count). The maximum atomic E-state index is 13.8. The first-order valence-corrected chi connectivity index (χ1v) is 11.8. The molecule has 2 nitrogen and oxygen atoms in total. The second kappa shape index (κ2) is 9.81. The maximum absolute atomic E-state index is 13.8. The number of benzene rings is 3. The molecule has 0 saturated carbocycles. The number of aromatic nitrogens is 1. The molecule has 0 spiro atoms. The first-order chi connectivity index (χ1) is 17.7. The molecule has 37 heavy (non-hydrogen) atoms. The summed E-state index contributed by atoms with van der Waals surface area (Å²) >= 11 is 0. The van der Waals surface area contributed by atoms with E-state index in [9.17, 15) is 22.0 Å². The highest BCUT2D eigenvalue weighted by Gasteiger charge is 2.33. The third-order valence-corrected chi connectivity index (χ3v) is 6.32. The first-order valence-electron chi connectivity index (χ1n) is 11.8. The lowest BCUT2D eigenvalue weighted by Gasteiger charge is -2.19. The second-order valence-electron chi connectivity index (χ2n) is 9.08. The Labute approximate surface area is 211 Å². The van der Waals surface area contributed by atoms with Crippen LogP contribution in [0.25, 0.3) is 22.0 Å². The van der Waals surface area contributed by atoms with Gasteiger partial charge in [0.2, 0.25) is 0 Å². The molecule has 0 bridgehead atoms. The van der Waals surface area contributed by atoms with E-state index in [-0.39, 0.29) is 18.5 Å². The average molecular weight is 507 g/mol. The number of fused-ring (bicyclic) bond motifs is 1. The van der Waals surface area contributed by atoms with Crippen molar-refractivity contribution in [3.05, 3.63) is 119 Å². The molecule has 0 radical (unpaired) electrons. The van der Waals surface area contributed by atoms with Crippen LogP contribution in [0.4, 0.5) is 27.6 Å². The molecule has 0 amide bonds. The van der Waals surface area contributed by atoms with Crippen LogP contribution in [0, 0.1) is 0 Å². The van der Waals surface area contributed by atoms with Crippen LogP contribution >= 0.6 is 0 Å². The van der Waals surface area contributed by atoms with E-state index < -0.39 is 17.7 Å². The number of hydrogen-bond acceptors (Lipinski definition) is 2. The van der Waals surface area contributed by atoms with Crippen molar-refractivity contribution in [2.24, 2.45) is 0 Å². The number of pyridine rings is 1. The van der Waals surface area contributed by atoms with Crippen LogP contribution in [0.3, 0.4) is 0 Å². The van der Waals surface area contributed by atoms with Crippen LogP contribution in [0.5, 0.6) is 0 Å². The Morgan fingerprint density at radius 1 is 0.919 bits per heavy atom. The van der Waals surface area contributed by atoms with Crippen molar-refractivity contribution < 1.29 is 22.0 Å². The third kappa shape index (κ3) is 5.56. The maximum Gasteiger partial charge on any atom is 0.418 e. The molecule has 0 atom stereocenters. The standard InChI is InChI=1S/C30H23F5N2/c31-29(32)14-6-9-21(17-29)18-36-24-11-4-10-22(16-24)27-23(15-20-7-2-1-3-8-20)19-37-28-25(27)12-5-13-26(28)30(33,34)35/h1-14,16,19,36H,15,17-18H2. The number of alkyl halides is 5. The van der Waals surface area contributed by atoms with Crippen molar-refractivity contribution in [3.63, 3.8) is 0 Å². The zero-order valence-corrected chi connectivity index (χ0v) is 19.7. The number of para-hydroxylation sites is 1. The summed E-state index contributed by atoms with van der Waals surface area (Å²) < 4.78 is 68.8. The fourth-order valence-corrected chi connectivity index (χ4v) is 4.65. The van der Waals surface area contributed by atoms with Crippen molar-refractivity contribution >= 4 is 16.6 Å². The quantitative estimate of drug-likeness (QED) is 0.266. The molecule has 0 aliphatic heterocycles. The monoisotopic (exact) mass is 506 g/mol. The molecule has 3 aromatic carbocycles. The van der Waals surface area contributed by atoms with Gasteiger partial charge in [0.25, 0.3) is 5.92 Å². The van der Waals surface area contributed by atoms with Gasteiger partial charge in [0.1, 0.15) is 0 Å². The molecule has 4 aromatic rings. The fraction of sp³-hybridized carbons (Fsp3) is 0.167. The Hall–Kier alpha value is -4.00. The van der Waals surface area contributed by atoms with Gasteiger partial charge < -0.3 is 5.32 Å². The molecular weight excluding hydrogens is 483 g/mol. The van der Waals surface area contributed by atoms with Crippen molar-refractivity contribution in [2.45, 2.75) is 24.9 Å². The molecule has 0 unspecified atom stereocenters. The van der Waals surface area contributed by atoms with E-state index in [0.29, 0.717) is 34.2 Å². The topological polar surface area (TPSA) is 24.9 Å². The van der Waals surface area contributed by atoms with Gasteiger partial charge in [0, 0.05) is 30.2 Å². The molecule has 0 fully saturated rings. The molecule has 1 aliphatic carbocycles. The summed E-state index contributed by atoms with van der Waals surface area (Å²) in [7, 11) is 0. The number of allylic oxidation sites excluding steroid dienone is 3. The predicted octanol–water partition coefficient (Wildman–Crippen LogP) is 8.44. The molecule has 1 heterocycles. The number of anilines is 1. The Morgan fingerprint density at radius 2 is 1.70 bits per heavy atom. The van der Waals surface area contributed by atoms with E-state index >= 15 is 0 Å². The Kier molecular flexibility index (Phi) is 6.54. The zero-order chi connectivity index (χ0) is 26.0. The smallest absolute Gasteiger partial charge is 0.381 e. The fourth-order valence-electron chi connectivity index (χ4n) is 4.65. The van der Waals surface area contributed by atoms with Gasteiger partial charge in [-0.05, 0) is 58.5 Å². The van der Waals surface area contributed by atoms with E-state index in [1.54, 1.807) is 18.2 Å². The summed E-state index contributed by atoms with van der Waals surface area (Å²) in [5.41, 5.74) is 3.51. The highest BCUT2D eigenvalue weighted by molar-refractivity contribution is 5.98. The van der Waals surface area contributed by atoms with Crippen LogP contribution in [-0.2, 0) is 12.6 Å². The van der Waals surface area contributed by atoms with Crippen molar-refractivity contribution in [1.82, 2.24) is 4.98 Å². The lowest BCUT2D eigenvalue weighted by molar-refractivity contribution is -0.136. The molecule has 1 aromatic heterocycles. The van der Waals surface area contributed by atoms with E-state index in [2.05, 4.69) is 10.3 Å². The van der Waals surface area contributed by atoms with Crippen molar-refractivity contribution in [2.75, 3.05) is 11.9 Å². The minimum Gasteiger partial charge on any atom is -0.381 e. The van der Waals surface area contributed by atoms with Crippen molar-refractivity contribution in [3.8, 4) is 11.1 Å². The van der Waals surface area contributed by atoms with Gasteiger partial charge in [-0.3, -0.25) is 4.98 Å². The Morgan fingerprint density at radius 3 is 2.46 bits per heavy atom. The number of nitrogens with one attached hydrogen (secondary N) is 1. The summed E-state index contributed by atoms with van der Waals surface area (Å²) in [4.78, 5) is 4.24. The van der Waals surface area contributed by atoms with E-state index in [4.69, 9.17) is 0 Å². The Balaban J connectivity index is 1.57. The van der Waals surface area contributed by atoms with Gasteiger partial charge in [0.15, 0.2) is 0 Å². The minimum atomic E-state index is -4.54. The van der Waals surface area contributed by atoms with E-state index in [1.165, 1.54) is 18.3 Å². The van der Waals surface area contributed by atoms with Gasteiger partial charge in [-0.2, -0.15) is 13.2 Å². The number of rotatable bonds is 6. The molecule has 1 aliphatic rings.